The number of Topliss-reactive ketones (excluding diaryl/α,β-unsaturated/α-hetero) is 1. The molecule has 1 aromatic rings. The van der Waals surface area contributed by atoms with Crippen LogP contribution in [0.15, 0.2) is 30.3 Å². The number of aliphatic hydroxyl groups excluding tert-OH is 1. The molecule has 7 nitrogen and oxygen atoms in total. The minimum Gasteiger partial charge on any atom is -0.479 e. The minimum atomic E-state index is -3.42. The lowest BCUT2D eigenvalue weighted by Crippen LogP contribution is -2.58. The highest BCUT2D eigenvalue weighted by atomic mass is 16.4. The van der Waals surface area contributed by atoms with Gasteiger partial charge < -0.3 is 20.4 Å². The number of rotatable bonds is 5. The minimum absolute atomic E-state index is 0.220. The molecule has 4 N–H and O–H groups in total. The molecule has 1 aromatic carbocycles. The molecule has 0 aromatic heterocycles. The van der Waals surface area contributed by atoms with Gasteiger partial charge in [-0.2, -0.15) is 0 Å². The molecule has 0 fully saturated rings. The molecular weight excluding hydrogens is 244 g/mol. The summed E-state index contributed by atoms with van der Waals surface area (Å²) in [4.78, 5) is 33.2. The quantitative estimate of drug-likeness (QED) is 0.396. The SMILES string of the molecule is O=C(O)[C@@H](O)[C@](O)(C(=O)O)C(=O)c1ccccc1. The Morgan fingerprint density at radius 1 is 1.06 bits per heavy atom. The van der Waals surface area contributed by atoms with Gasteiger partial charge in [0.05, 0.1) is 0 Å². The van der Waals surface area contributed by atoms with E-state index in [1.807, 2.05) is 0 Å². The predicted molar refractivity (Wildman–Crippen MR) is 57.0 cm³/mol. The first-order valence-corrected chi connectivity index (χ1v) is 4.78. The van der Waals surface area contributed by atoms with Crippen molar-refractivity contribution in [3.63, 3.8) is 0 Å². The molecule has 0 heterocycles. The third kappa shape index (κ3) is 2.22. The summed E-state index contributed by atoms with van der Waals surface area (Å²) in [7, 11) is 0. The highest BCUT2D eigenvalue weighted by Gasteiger charge is 2.54. The van der Waals surface area contributed by atoms with Crippen molar-refractivity contribution in [2.24, 2.45) is 0 Å². The van der Waals surface area contributed by atoms with Gasteiger partial charge in [0.2, 0.25) is 5.78 Å². The van der Waals surface area contributed by atoms with E-state index in [1.165, 1.54) is 24.3 Å². The van der Waals surface area contributed by atoms with Crippen LogP contribution in [0, 0.1) is 0 Å². The van der Waals surface area contributed by atoms with E-state index in [9.17, 15) is 24.6 Å². The van der Waals surface area contributed by atoms with Crippen molar-refractivity contribution >= 4 is 17.7 Å². The van der Waals surface area contributed by atoms with Crippen LogP contribution in [-0.4, -0.2) is 49.9 Å². The summed E-state index contributed by atoms with van der Waals surface area (Å²) >= 11 is 0. The Hall–Kier alpha value is -2.25. The summed E-state index contributed by atoms with van der Waals surface area (Å²) in [5, 5.41) is 36.2. The third-order valence-corrected chi connectivity index (χ3v) is 2.34. The lowest BCUT2D eigenvalue weighted by Gasteiger charge is -2.24. The van der Waals surface area contributed by atoms with E-state index in [1.54, 1.807) is 6.07 Å². The molecule has 2 atom stereocenters. The number of ketones is 1. The summed E-state index contributed by atoms with van der Waals surface area (Å²) in [5.41, 5.74) is -3.64. The Balaban J connectivity index is 3.26. The van der Waals surface area contributed by atoms with E-state index < -0.39 is 29.4 Å². The van der Waals surface area contributed by atoms with Gasteiger partial charge in [-0.05, 0) is 0 Å². The van der Waals surface area contributed by atoms with Crippen LogP contribution in [0.1, 0.15) is 10.4 Å². The highest BCUT2D eigenvalue weighted by molar-refractivity contribution is 6.17. The predicted octanol–water partition coefficient (Wildman–Crippen LogP) is -0.869. The topological polar surface area (TPSA) is 132 Å². The van der Waals surface area contributed by atoms with Crippen molar-refractivity contribution in [1.82, 2.24) is 0 Å². The number of carboxylic acids is 2. The lowest BCUT2D eigenvalue weighted by atomic mass is 9.87. The van der Waals surface area contributed by atoms with E-state index in [2.05, 4.69) is 0 Å². The van der Waals surface area contributed by atoms with Gasteiger partial charge >= 0.3 is 11.9 Å². The first-order chi connectivity index (χ1) is 8.31. The molecule has 0 aliphatic carbocycles. The van der Waals surface area contributed by atoms with Crippen LogP contribution >= 0.6 is 0 Å². The van der Waals surface area contributed by atoms with Crippen LogP contribution in [0.2, 0.25) is 0 Å². The maximum absolute atomic E-state index is 11.8. The van der Waals surface area contributed by atoms with Crippen molar-refractivity contribution in [2.45, 2.75) is 11.7 Å². The molecule has 18 heavy (non-hydrogen) atoms. The normalized spacial score (nSPS) is 15.4. The Bertz CT molecular complexity index is 481. The Morgan fingerprint density at radius 3 is 1.94 bits per heavy atom. The Kier molecular flexibility index (Phi) is 3.79. The van der Waals surface area contributed by atoms with E-state index in [0.717, 1.165) is 0 Å². The molecule has 0 unspecified atom stereocenters. The number of carbonyl (C=O) groups is 3. The van der Waals surface area contributed by atoms with Gasteiger partial charge in [0.1, 0.15) is 0 Å². The molecule has 0 aliphatic heterocycles. The largest absolute Gasteiger partial charge is 0.479 e. The highest BCUT2D eigenvalue weighted by Crippen LogP contribution is 2.19. The van der Waals surface area contributed by atoms with Crippen LogP contribution in [-0.2, 0) is 9.59 Å². The number of hydrogen-bond donors (Lipinski definition) is 4. The number of carbonyl (C=O) groups excluding carboxylic acids is 1. The molecule has 0 amide bonds. The third-order valence-electron chi connectivity index (χ3n) is 2.34. The van der Waals surface area contributed by atoms with E-state index in [4.69, 9.17) is 10.2 Å². The molecule has 0 bridgehead atoms. The molecule has 7 heteroatoms. The Labute approximate surface area is 101 Å². The van der Waals surface area contributed by atoms with Crippen LogP contribution in [0.4, 0.5) is 0 Å². The lowest BCUT2D eigenvalue weighted by molar-refractivity contribution is -0.175. The van der Waals surface area contributed by atoms with Crippen molar-refractivity contribution in [3.05, 3.63) is 35.9 Å². The second-order valence-corrected chi connectivity index (χ2v) is 3.51. The van der Waals surface area contributed by atoms with Gasteiger partial charge in [0.25, 0.3) is 5.60 Å². The number of aliphatic hydroxyl groups is 2. The molecule has 0 radical (unpaired) electrons. The zero-order chi connectivity index (χ0) is 13.9. The molecule has 96 valence electrons. The first-order valence-electron chi connectivity index (χ1n) is 4.78. The molecule has 1 rings (SSSR count). The monoisotopic (exact) mass is 254 g/mol. The average Bonchev–Trinajstić information content (AvgIpc) is 2.36. The number of hydrogen-bond acceptors (Lipinski definition) is 5. The standard InChI is InChI=1S/C11H10O7/c12-7(6-4-2-1-3-5-6)11(18,10(16)17)8(13)9(14)15/h1-5,8,13,18H,(H,14,15)(H,16,17)/t8-,11+/m1/s1. The van der Waals surface area contributed by atoms with E-state index in [0.29, 0.717) is 0 Å². The van der Waals surface area contributed by atoms with Gasteiger partial charge in [0, 0.05) is 5.56 Å². The van der Waals surface area contributed by atoms with Crippen molar-refractivity contribution in [3.8, 4) is 0 Å². The van der Waals surface area contributed by atoms with Crippen LogP contribution in [0.25, 0.3) is 0 Å². The van der Waals surface area contributed by atoms with Gasteiger partial charge in [-0.1, -0.05) is 30.3 Å². The maximum atomic E-state index is 11.8. The van der Waals surface area contributed by atoms with Crippen molar-refractivity contribution in [2.75, 3.05) is 0 Å². The van der Waals surface area contributed by atoms with Gasteiger partial charge in [-0.15, -0.1) is 0 Å². The number of benzene rings is 1. The fourth-order valence-corrected chi connectivity index (χ4v) is 1.33. The number of carboxylic acid groups (broad SMARTS) is 2. The van der Waals surface area contributed by atoms with Crippen LogP contribution in [0.5, 0.6) is 0 Å². The van der Waals surface area contributed by atoms with Gasteiger partial charge in [0.15, 0.2) is 6.10 Å². The first kappa shape index (κ1) is 13.8. The average molecular weight is 254 g/mol. The fourth-order valence-electron chi connectivity index (χ4n) is 1.33. The summed E-state index contributed by atoms with van der Waals surface area (Å²) in [6.45, 7) is 0. The van der Waals surface area contributed by atoms with Crippen LogP contribution < -0.4 is 0 Å². The van der Waals surface area contributed by atoms with Crippen molar-refractivity contribution in [1.29, 1.82) is 0 Å². The van der Waals surface area contributed by atoms with Gasteiger partial charge in [-0.25, -0.2) is 9.59 Å². The summed E-state index contributed by atoms with van der Waals surface area (Å²) in [6, 6.07) is 6.76. The molecule has 0 saturated carbocycles. The molecular formula is C11H10O7. The van der Waals surface area contributed by atoms with E-state index >= 15 is 0 Å². The molecule has 0 spiro atoms. The number of aliphatic carboxylic acids is 2. The smallest absolute Gasteiger partial charge is 0.347 e. The van der Waals surface area contributed by atoms with Gasteiger partial charge in [-0.3, -0.25) is 4.79 Å². The molecule has 0 saturated heterocycles. The summed E-state index contributed by atoms with van der Waals surface area (Å²) in [5.74, 6) is -5.54. The second-order valence-electron chi connectivity index (χ2n) is 3.51. The fraction of sp³-hybridized carbons (Fsp3) is 0.182. The zero-order valence-corrected chi connectivity index (χ0v) is 8.98. The molecule has 0 aliphatic rings. The van der Waals surface area contributed by atoms with Crippen LogP contribution in [0.3, 0.4) is 0 Å². The summed E-state index contributed by atoms with van der Waals surface area (Å²) < 4.78 is 0. The maximum Gasteiger partial charge on any atom is 0.347 e. The Morgan fingerprint density at radius 2 is 1.56 bits per heavy atom. The summed E-state index contributed by atoms with van der Waals surface area (Å²) in [6.07, 6.45) is -2.76. The second kappa shape index (κ2) is 4.94. The van der Waals surface area contributed by atoms with Crippen molar-refractivity contribution < 1.29 is 34.8 Å². The zero-order valence-electron chi connectivity index (χ0n) is 8.98. The van der Waals surface area contributed by atoms with E-state index in [-0.39, 0.29) is 5.56 Å².